The van der Waals surface area contributed by atoms with E-state index in [1.165, 1.54) is 12.3 Å². The van der Waals surface area contributed by atoms with Crippen LogP contribution in [0.2, 0.25) is 5.02 Å². The highest BCUT2D eigenvalue weighted by Gasteiger charge is 2.21. The van der Waals surface area contributed by atoms with Crippen LogP contribution >= 0.6 is 27.5 Å². The highest BCUT2D eigenvalue weighted by molar-refractivity contribution is 9.10. The van der Waals surface area contributed by atoms with Crippen LogP contribution in [-0.2, 0) is 9.53 Å². The molecule has 78 valence electrons. The summed E-state index contributed by atoms with van der Waals surface area (Å²) in [6.45, 7) is 0. The third-order valence-corrected chi connectivity index (χ3v) is 3.03. The van der Waals surface area contributed by atoms with E-state index in [0.29, 0.717) is 11.4 Å². The number of hydrogen-bond donors (Lipinski definition) is 0. The maximum atomic E-state index is 11.2. The minimum absolute atomic E-state index is 0.0577. The van der Waals surface area contributed by atoms with Crippen molar-refractivity contribution in [1.29, 1.82) is 0 Å². The van der Waals surface area contributed by atoms with E-state index in [0.717, 1.165) is 10.0 Å². The van der Waals surface area contributed by atoms with Crippen molar-refractivity contribution in [3.63, 3.8) is 0 Å². The highest BCUT2D eigenvalue weighted by Crippen LogP contribution is 2.32. The lowest BCUT2D eigenvalue weighted by Gasteiger charge is -2.20. The normalized spacial score (nSPS) is 20.1. The minimum Gasteiger partial charge on any atom is -0.493 e. The molecule has 0 aliphatic carbocycles. The average Bonchev–Trinajstić information content (AvgIpc) is 2.22. The van der Waals surface area contributed by atoms with Gasteiger partial charge in [0.15, 0.2) is 5.78 Å². The fraction of sp³-hybridized carbons (Fsp3) is 0.182. The molecule has 15 heavy (non-hydrogen) atoms. The van der Waals surface area contributed by atoms with Gasteiger partial charge in [-0.1, -0.05) is 27.5 Å². The summed E-state index contributed by atoms with van der Waals surface area (Å²) in [5.74, 6) is 0.0577. The second-order valence-corrected chi connectivity index (χ2v) is 4.59. The van der Waals surface area contributed by atoms with Gasteiger partial charge < -0.3 is 4.74 Å². The molecule has 2 rings (SSSR count). The molecule has 1 aromatic rings. The number of rotatable bonds is 1. The Morgan fingerprint density at radius 2 is 2.27 bits per heavy atom. The third kappa shape index (κ3) is 2.41. The molecule has 0 saturated carbocycles. The molecule has 1 aromatic carbocycles. The summed E-state index contributed by atoms with van der Waals surface area (Å²) in [7, 11) is 0. The van der Waals surface area contributed by atoms with E-state index in [1.54, 1.807) is 6.07 Å². The zero-order valence-electron chi connectivity index (χ0n) is 7.74. The van der Waals surface area contributed by atoms with Crippen molar-refractivity contribution >= 4 is 33.3 Å². The van der Waals surface area contributed by atoms with E-state index in [-0.39, 0.29) is 11.9 Å². The molecule has 0 saturated heterocycles. The summed E-state index contributed by atoms with van der Waals surface area (Å²) in [6, 6.07) is 5.51. The third-order valence-electron chi connectivity index (χ3n) is 2.19. The van der Waals surface area contributed by atoms with Crippen molar-refractivity contribution in [2.45, 2.75) is 12.5 Å². The summed E-state index contributed by atoms with van der Waals surface area (Å²) in [5, 5.41) is 0.617. The van der Waals surface area contributed by atoms with Crippen LogP contribution in [0, 0.1) is 0 Å². The summed E-state index contributed by atoms with van der Waals surface area (Å²) >= 11 is 9.40. The van der Waals surface area contributed by atoms with E-state index >= 15 is 0 Å². The Morgan fingerprint density at radius 1 is 1.47 bits per heavy atom. The molecule has 4 heteroatoms. The van der Waals surface area contributed by atoms with Gasteiger partial charge in [0.05, 0.1) is 12.7 Å². The first-order valence-corrected chi connectivity index (χ1v) is 5.63. The van der Waals surface area contributed by atoms with Crippen LogP contribution in [0.25, 0.3) is 0 Å². The first kappa shape index (κ1) is 10.7. The highest BCUT2D eigenvalue weighted by atomic mass is 79.9. The largest absolute Gasteiger partial charge is 0.493 e. The Balaban J connectivity index is 2.33. The lowest BCUT2D eigenvalue weighted by atomic mass is 10.0. The van der Waals surface area contributed by atoms with E-state index in [9.17, 15) is 4.79 Å². The molecule has 0 fully saturated rings. The number of benzene rings is 1. The van der Waals surface area contributed by atoms with Gasteiger partial charge in [-0.3, -0.25) is 4.79 Å². The van der Waals surface area contributed by atoms with Gasteiger partial charge in [-0.15, -0.1) is 0 Å². The summed E-state index contributed by atoms with van der Waals surface area (Å²) < 4.78 is 6.29. The molecular weight excluding hydrogens is 279 g/mol. The van der Waals surface area contributed by atoms with Gasteiger partial charge in [-0.05, 0) is 18.2 Å². The standard InChI is InChI=1S/C11H8BrClO2/c12-7-1-2-10(13)9(5-7)11-6-8(14)3-4-15-11/h1-5,11H,6H2. The van der Waals surface area contributed by atoms with Crippen molar-refractivity contribution in [2.24, 2.45) is 0 Å². The molecule has 1 aliphatic rings. The first-order chi connectivity index (χ1) is 7.16. The van der Waals surface area contributed by atoms with E-state index in [2.05, 4.69) is 15.9 Å². The minimum atomic E-state index is -0.271. The summed E-state index contributed by atoms with van der Waals surface area (Å²) in [5.41, 5.74) is 0.837. The summed E-state index contributed by atoms with van der Waals surface area (Å²) in [6.07, 6.45) is 2.93. The Morgan fingerprint density at radius 3 is 3.00 bits per heavy atom. The second kappa shape index (κ2) is 4.37. The van der Waals surface area contributed by atoms with Gasteiger partial charge in [-0.2, -0.15) is 0 Å². The van der Waals surface area contributed by atoms with Crippen LogP contribution in [-0.4, -0.2) is 5.78 Å². The number of hydrogen-bond acceptors (Lipinski definition) is 2. The van der Waals surface area contributed by atoms with Crippen molar-refractivity contribution in [1.82, 2.24) is 0 Å². The molecular formula is C11H8BrClO2. The van der Waals surface area contributed by atoms with Crippen molar-refractivity contribution in [3.8, 4) is 0 Å². The van der Waals surface area contributed by atoms with Crippen molar-refractivity contribution < 1.29 is 9.53 Å². The van der Waals surface area contributed by atoms with Crippen molar-refractivity contribution in [3.05, 3.63) is 45.6 Å². The number of halogens is 2. The van der Waals surface area contributed by atoms with Crippen LogP contribution in [0.5, 0.6) is 0 Å². The van der Waals surface area contributed by atoms with Crippen LogP contribution in [0.4, 0.5) is 0 Å². The monoisotopic (exact) mass is 286 g/mol. The van der Waals surface area contributed by atoms with Gasteiger partial charge in [0.2, 0.25) is 0 Å². The molecule has 0 spiro atoms. The predicted molar refractivity (Wildman–Crippen MR) is 61.7 cm³/mol. The zero-order valence-corrected chi connectivity index (χ0v) is 10.1. The topological polar surface area (TPSA) is 26.3 Å². The fourth-order valence-electron chi connectivity index (χ4n) is 1.45. The van der Waals surface area contributed by atoms with E-state index in [4.69, 9.17) is 16.3 Å². The Kier molecular flexibility index (Phi) is 3.12. The number of carbonyl (C=O) groups excluding carboxylic acids is 1. The fourth-order valence-corrected chi connectivity index (χ4v) is 2.07. The number of carbonyl (C=O) groups is 1. The molecule has 1 heterocycles. The van der Waals surface area contributed by atoms with Crippen molar-refractivity contribution in [2.75, 3.05) is 0 Å². The predicted octanol–water partition coefficient (Wildman–Crippen LogP) is 3.65. The molecule has 0 aromatic heterocycles. The van der Waals surface area contributed by atoms with Gasteiger partial charge in [0, 0.05) is 21.1 Å². The van der Waals surface area contributed by atoms with Crippen LogP contribution in [0.1, 0.15) is 18.1 Å². The number of ether oxygens (including phenoxy) is 1. The SMILES string of the molecule is O=C1C=COC(c2cc(Br)ccc2Cl)C1. The second-order valence-electron chi connectivity index (χ2n) is 3.26. The van der Waals surface area contributed by atoms with Gasteiger partial charge in [-0.25, -0.2) is 0 Å². The van der Waals surface area contributed by atoms with Crippen LogP contribution in [0.15, 0.2) is 35.0 Å². The average molecular weight is 288 g/mol. The molecule has 1 atom stereocenters. The smallest absolute Gasteiger partial charge is 0.162 e. The molecule has 0 N–H and O–H groups in total. The van der Waals surface area contributed by atoms with E-state index in [1.807, 2.05) is 12.1 Å². The Labute approximate surface area is 101 Å². The molecule has 1 aliphatic heterocycles. The van der Waals surface area contributed by atoms with Crippen LogP contribution in [0.3, 0.4) is 0 Å². The van der Waals surface area contributed by atoms with E-state index < -0.39 is 0 Å². The van der Waals surface area contributed by atoms with Gasteiger partial charge in [0.25, 0.3) is 0 Å². The zero-order chi connectivity index (χ0) is 10.8. The Hall–Kier alpha value is -0.800. The molecule has 2 nitrogen and oxygen atoms in total. The number of ketones is 1. The molecule has 0 amide bonds. The number of allylic oxidation sites excluding steroid dienone is 1. The van der Waals surface area contributed by atoms with Crippen LogP contribution < -0.4 is 0 Å². The maximum Gasteiger partial charge on any atom is 0.162 e. The molecule has 0 radical (unpaired) electrons. The Bertz CT molecular complexity index is 429. The lowest BCUT2D eigenvalue weighted by Crippen LogP contribution is -2.11. The quantitative estimate of drug-likeness (QED) is 0.788. The lowest BCUT2D eigenvalue weighted by molar-refractivity contribution is -0.118. The molecule has 0 bridgehead atoms. The maximum absolute atomic E-state index is 11.2. The van der Waals surface area contributed by atoms with Gasteiger partial charge in [0.1, 0.15) is 6.10 Å². The molecule has 1 unspecified atom stereocenters. The first-order valence-electron chi connectivity index (χ1n) is 4.46. The van der Waals surface area contributed by atoms with Gasteiger partial charge >= 0.3 is 0 Å². The summed E-state index contributed by atoms with van der Waals surface area (Å²) in [4.78, 5) is 11.2.